The van der Waals surface area contributed by atoms with Gasteiger partial charge in [-0.05, 0) is 86.8 Å². The second-order valence-corrected chi connectivity index (χ2v) is 22.8. The Morgan fingerprint density at radius 2 is 0.547 bits per heavy atom. The van der Waals surface area contributed by atoms with Crippen LogP contribution >= 0.6 is 0 Å². The molecule has 2 aromatic carbocycles. The number of nitrogens with zero attached hydrogens (tertiary/aromatic N) is 2. The molecular formula is C72H126N2Pd. The monoisotopic (exact) mass is 1120 g/mol. The Bertz CT molecular complexity index is 1550. The van der Waals surface area contributed by atoms with Gasteiger partial charge in [0.25, 0.3) is 0 Å². The molecule has 0 N–H and O–H groups in total. The molecule has 75 heavy (non-hydrogen) atoms. The summed E-state index contributed by atoms with van der Waals surface area (Å²) in [7, 11) is 0. The third-order valence-corrected chi connectivity index (χ3v) is 15.7. The van der Waals surface area contributed by atoms with Gasteiger partial charge in [-0.15, -0.1) is 0 Å². The molecule has 3 rings (SSSR count). The molecule has 2 nitrogen and oxygen atoms in total. The van der Waals surface area contributed by atoms with E-state index in [2.05, 4.69) is 104 Å². The van der Waals surface area contributed by atoms with E-state index in [4.69, 9.17) is 0 Å². The van der Waals surface area contributed by atoms with Crippen LogP contribution in [-0.4, -0.2) is 4.70 Å². The Labute approximate surface area is 484 Å². The zero-order valence-electron chi connectivity index (χ0n) is 51.2. The number of allylic oxidation sites excluding steroid dienone is 2. The molecule has 0 bridgehead atoms. The van der Waals surface area contributed by atoms with Crippen LogP contribution in [0.15, 0.2) is 59.7 Å². The SMILES string of the molecule is CCCCCCCCC1=C(c2cccc(CCCC)c2)[N+](=[N-])C(c2cccc(CCCC)c2)=C1CCCC.[CH2-]CCCCCCCCCCCCCCCCC.[CH2-]CCCCCCCCCCCCCCCCC.[Pd+2]. The van der Waals surface area contributed by atoms with Crippen LogP contribution in [0.1, 0.15) is 359 Å². The van der Waals surface area contributed by atoms with E-state index in [0.29, 0.717) is 0 Å². The smallest absolute Gasteiger partial charge is 0.493 e. The molecule has 1 aliphatic rings. The fourth-order valence-electron chi connectivity index (χ4n) is 10.8. The molecule has 0 aliphatic carbocycles. The van der Waals surface area contributed by atoms with Crippen molar-refractivity contribution in [2.75, 3.05) is 0 Å². The molecule has 0 saturated carbocycles. The van der Waals surface area contributed by atoms with Crippen molar-refractivity contribution in [3.8, 4) is 0 Å². The van der Waals surface area contributed by atoms with Crippen molar-refractivity contribution in [1.82, 2.24) is 0 Å². The summed E-state index contributed by atoms with van der Waals surface area (Å²) < 4.78 is 1.56. The zero-order valence-corrected chi connectivity index (χ0v) is 52.7. The van der Waals surface area contributed by atoms with Crippen molar-refractivity contribution in [3.63, 3.8) is 0 Å². The van der Waals surface area contributed by atoms with E-state index in [1.54, 1.807) is 4.70 Å². The number of aryl methyl sites for hydroxylation is 2. The van der Waals surface area contributed by atoms with Crippen LogP contribution in [0.25, 0.3) is 16.9 Å². The van der Waals surface area contributed by atoms with Gasteiger partial charge in [0.1, 0.15) is 0 Å². The van der Waals surface area contributed by atoms with E-state index in [0.717, 1.165) is 73.9 Å². The van der Waals surface area contributed by atoms with E-state index >= 15 is 0 Å². The second-order valence-electron chi connectivity index (χ2n) is 22.8. The number of benzene rings is 2. The Balaban J connectivity index is 0.00000124. The van der Waals surface area contributed by atoms with Crippen LogP contribution in [0.2, 0.25) is 0 Å². The van der Waals surface area contributed by atoms with Crippen molar-refractivity contribution in [1.29, 1.82) is 0 Å². The summed E-state index contributed by atoms with van der Waals surface area (Å²) in [6, 6.07) is 17.9. The van der Waals surface area contributed by atoms with Crippen molar-refractivity contribution in [3.05, 3.63) is 101 Å². The first-order valence-corrected chi connectivity index (χ1v) is 33.2. The molecule has 3 heteroatoms. The van der Waals surface area contributed by atoms with Gasteiger partial charge in [0.2, 0.25) is 11.4 Å². The molecule has 1 aliphatic heterocycles. The van der Waals surface area contributed by atoms with E-state index in [-0.39, 0.29) is 20.4 Å². The predicted molar refractivity (Wildman–Crippen MR) is 335 cm³/mol. The number of hydrogen-bond acceptors (Lipinski definition) is 0. The normalized spacial score (nSPS) is 12.2. The van der Waals surface area contributed by atoms with Crippen molar-refractivity contribution in [2.24, 2.45) is 0 Å². The zero-order chi connectivity index (χ0) is 53.8. The minimum absolute atomic E-state index is 0. The molecule has 434 valence electrons. The summed E-state index contributed by atoms with van der Waals surface area (Å²) in [6.45, 7) is 21.4. The minimum atomic E-state index is 0. The van der Waals surface area contributed by atoms with Gasteiger partial charge in [-0.25, -0.2) is 4.70 Å². The molecule has 0 saturated heterocycles. The molecule has 0 fully saturated rings. The minimum Gasteiger partial charge on any atom is -0.493 e. The van der Waals surface area contributed by atoms with Crippen LogP contribution in [0.4, 0.5) is 0 Å². The topological polar surface area (TPSA) is 25.3 Å². The Kier molecular flexibility index (Phi) is 54.1. The number of unbranched alkanes of at least 4 members (excludes halogenated alkanes) is 38. The Morgan fingerprint density at radius 3 is 0.827 bits per heavy atom. The molecular weight excluding hydrogens is 999 g/mol. The van der Waals surface area contributed by atoms with Gasteiger partial charge in [0.05, 0.1) is 0 Å². The fraction of sp³-hybridized carbons (Fsp3) is 0.750. The van der Waals surface area contributed by atoms with Crippen LogP contribution in [0, 0.1) is 13.8 Å². The second kappa shape index (κ2) is 55.5. The summed E-state index contributed by atoms with van der Waals surface area (Å²) in [4.78, 5) is 0. The average Bonchev–Trinajstić information content (AvgIpc) is 3.70. The Morgan fingerprint density at radius 1 is 0.307 bits per heavy atom. The van der Waals surface area contributed by atoms with Crippen molar-refractivity contribution < 1.29 is 25.1 Å². The van der Waals surface area contributed by atoms with Crippen LogP contribution in [0.3, 0.4) is 0 Å². The summed E-state index contributed by atoms with van der Waals surface area (Å²) in [5.74, 6) is 0. The van der Waals surface area contributed by atoms with Crippen LogP contribution in [-0.2, 0) is 33.3 Å². The maximum absolute atomic E-state index is 11.9. The first kappa shape index (κ1) is 73.2. The summed E-state index contributed by atoms with van der Waals surface area (Å²) >= 11 is 0. The van der Waals surface area contributed by atoms with Gasteiger partial charge in [-0.3, -0.25) is 0 Å². The van der Waals surface area contributed by atoms with Crippen molar-refractivity contribution >= 4 is 11.4 Å². The van der Waals surface area contributed by atoms with Gasteiger partial charge in [-0.1, -0.05) is 310 Å². The molecule has 0 radical (unpaired) electrons. The van der Waals surface area contributed by atoms with Crippen LogP contribution < -0.4 is 0 Å². The van der Waals surface area contributed by atoms with Gasteiger partial charge < -0.3 is 19.4 Å². The maximum atomic E-state index is 11.9. The summed E-state index contributed by atoms with van der Waals surface area (Å²) in [6.07, 6.45) is 64.7. The van der Waals surface area contributed by atoms with Crippen LogP contribution in [0.5, 0.6) is 0 Å². The fourth-order valence-corrected chi connectivity index (χ4v) is 10.8. The molecule has 1 heterocycles. The maximum Gasteiger partial charge on any atom is 2.00 e. The standard InChI is InChI=1S/C36H52N2.2C18H37.Pd/c1-5-9-13-14-15-16-26-34-33(25-12-8-4)35(31-23-17-21-29(27-31)19-10-6-2)38(37)36(34)32-24-18-22-30(28-32)20-11-7-3;2*1-3-5-7-9-11-13-15-17-18-16-14-12-10-8-6-4-2;/h17-18,21-24,27-28H,5-16,19-20,25-26H2,1-4H3;2*1,3-18H2,2H3;/q;2*-1;+2. The van der Waals surface area contributed by atoms with Gasteiger partial charge in [-0.2, -0.15) is 12.8 Å². The summed E-state index contributed by atoms with van der Waals surface area (Å²) in [5, 5.41) is 0. The van der Waals surface area contributed by atoms with E-state index in [1.165, 1.54) is 279 Å². The Hall–Kier alpha value is -1.82. The predicted octanol–water partition coefficient (Wildman–Crippen LogP) is 25.6. The quantitative estimate of drug-likeness (QED) is 0.0273. The average molecular weight is 1130 g/mol. The number of rotatable bonds is 48. The molecule has 0 unspecified atom stereocenters. The van der Waals surface area contributed by atoms with E-state index in [9.17, 15) is 5.53 Å². The molecule has 0 amide bonds. The third kappa shape index (κ3) is 38.4. The summed E-state index contributed by atoms with van der Waals surface area (Å²) in [5.41, 5.74) is 21.8. The van der Waals surface area contributed by atoms with E-state index < -0.39 is 0 Å². The van der Waals surface area contributed by atoms with Gasteiger partial charge in [0, 0.05) is 22.3 Å². The molecule has 0 atom stereocenters. The van der Waals surface area contributed by atoms with Gasteiger partial charge >= 0.3 is 20.4 Å². The third-order valence-electron chi connectivity index (χ3n) is 15.7. The number of hydrogen-bond donors (Lipinski definition) is 0. The van der Waals surface area contributed by atoms with Crippen molar-refractivity contribution in [2.45, 2.75) is 350 Å². The molecule has 0 spiro atoms. The van der Waals surface area contributed by atoms with E-state index in [1.807, 2.05) is 0 Å². The first-order chi connectivity index (χ1) is 36.5. The first-order valence-electron chi connectivity index (χ1n) is 33.2. The van der Waals surface area contributed by atoms with Gasteiger partial charge in [0.15, 0.2) is 0 Å². The largest absolute Gasteiger partial charge is 2.00 e. The molecule has 0 aromatic heterocycles. The molecule has 2 aromatic rings.